The van der Waals surface area contributed by atoms with Crippen LogP contribution in [0.5, 0.6) is 0 Å². The van der Waals surface area contributed by atoms with E-state index in [1.54, 1.807) is 0 Å². The molecule has 104 valence electrons. The normalized spacial score (nSPS) is 11.6. The third-order valence-electron chi connectivity index (χ3n) is 2.49. The molecule has 17 heavy (non-hydrogen) atoms. The number of unbranched alkanes of at least 4 members (excludes halogenated alkanes) is 8. The second kappa shape index (κ2) is 12.1. The van der Waals surface area contributed by atoms with Gasteiger partial charge in [-0.2, -0.15) is 0 Å². The molecule has 0 saturated heterocycles. The van der Waals surface area contributed by atoms with Crippen LogP contribution < -0.4 is 6.15 Å². The number of hydrogen-bond donors (Lipinski definition) is 1. The number of rotatable bonds is 10. The van der Waals surface area contributed by atoms with Crippen molar-refractivity contribution in [3.8, 4) is 0 Å². The van der Waals surface area contributed by atoms with E-state index >= 15 is 0 Å². The van der Waals surface area contributed by atoms with Gasteiger partial charge in [0.15, 0.2) is 0 Å². The molecule has 0 aliphatic rings. The van der Waals surface area contributed by atoms with Crippen LogP contribution in [0.3, 0.4) is 0 Å². The van der Waals surface area contributed by atoms with Gasteiger partial charge in [0.1, 0.15) is 10.1 Å². The Labute approximate surface area is 106 Å². The largest absolute Gasteiger partial charge is 0.744 e. The third kappa shape index (κ3) is 18.2. The van der Waals surface area contributed by atoms with Gasteiger partial charge < -0.3 is 10.7 Å². The number of quaternary nitrogens is 1. The lowest BCUT2D eigenvalue weighted by Crippen LogP contribution is -1.89. The Bertz CT molecular complexity index is 273. The SMILES string of the molecule is CCCCCCCCCCC=CS(=O)(=O)[O-].[NH4+]. The Morgan fingerprint density at radius 2 is 1.41 bits per heavy atom. The molecule has 0 unspecified atom stereocenters. The van der Waals surface area contributed by atoms with E-state index < -0.39 is 10.1 Å². The minimum atomic E-state index is -4.16. The third-order valence-corrected chi connectivity index (χ3v) is 3.01. The molecular weight excluding hydrogens is 238 g/mol. The fraction of sp³-hybridized carbons (Fsp3) is 0.833. The summed E-state index contributed by atoms with van der Waals surface area (Å²) in [5, 5.41) is 0.758. The predicted molar refractivity (Wildman–Crippen MR) is 72.0 cm³/mol. The molecule has 0 heterocycles. The van der Waals surface area contributed by atoms with Crippen molar-refractivity contribution in [1.82, 2.24) is 6.15 Å². The Morgan fingerprint density at radius 3 is 1.88 bits per heavy atom. The molecule has 0 aromatic rings. The van der Waals surface area contributed by atoms with Gasteiger partial charge in [0.25, 0.3) is 0 Å². The molecule has 4 nitrogen and oxygen atoms in total. The summed E-state index contributed by atoms with van der Waals surface area (Å²) >= 11 is 0. The van der Waals surface area contributed by atoms with E-state index in [4.69, 9.17) is 0 Å². The van der Waals surface area contributed by atoms with Gasteiger partial charge >= 0.3 is 0 Å². The highest BCUT2D eigenvalue weighted by Crippen LogP contribution is 2.09. The highest BCUT2D eigenvalue weighted by molar-refractivity contribution is 7.88. The number of hydrogen-bond acceptors (Lipinski definition) is 3. The maximum absolute atomic E-state index is 10.2. The Morgan fingerprint density at radius 1 is 0.941 bits per heavy atom. The lowest BCUT2D eigenvalue weighted by atomic mass is 10.1. The summed E-state index contributed by atoms with van der Waals surface area (Å²) in [6.07, 6.45) is 11.9. The van der Waals surface area contributed by atoms with Crippen LogP contribution in [-0.2, 0) is 10.1 Å². The van der Waals surface area contributed by atoms with E-state index in [-0.39, 0.29) is 6.15 Å². The van der Waals surface area contributed by atoms with Crippen molar-refractivity contribution in [1.29, 1.82) is 0 Å². The summed E-state index contributed by atoms with van der Waals surface area (Å²) < 4.78 is 30.7. The fourth-order valence-corrected chi connectivity index (χ4v) is 1.95. The first-order valence-corrected chi connectivity index (χ1v) is 7.66. The molecule has 5 heteroatoms. The van der Waals surface area contributed by atoms with Gasteiger partial charge in [-0.3, -0.25) is 0 Å². The van der Waals surface area contributed by atoms with Crippen LogP contribution in [0, 0.1) is 0 Å². The van der Waals surface area contributed by atoms with E-state index in [2.05, 4.69) is 6.92 Å². The van der Waals surface area contributed by atoms with Crippen LogP contribution in [0.1, 0.15) is 64.7 Å². The van der Waals surface area contributed by atoms with Gasteiger partial charge in [0, 0.05) is 5.41 Å². The van der Waals surface area contributed by atoms with Crippen LogP contribution in [0.2, 0.25) is 0 Å². The van der Waals surface area contributed by atoms with E-state index in [9.17, 15) is 13.0 Å². The van der Waals surface area contributed by atoms with Crippen molar-refractivity contribution in [2.24, 2.45) is 0 Å². The van der Waals surface area contributed by atoms with Gasteiger partial charge in [-0.1, -0.05) is 57.9 Å². The molecule has 0 radical (unpaired) electrons. The standard InChI is InChI=1S/C12H24O3S.H3N/c1-2-3-4-5-6-7-8-9-10-11-12-16(13,14)15;/h11-12H,2-10H2,1H3,(H,13,14,15);1H3. The van der Waals surface area contributed by atoms with Crippen molar-refractivity contribution >= 4 is 10.1 Å². The summed E-state index contributed by atoms with van der Waals surface area (Å²) in [6.45, 7) is 2.20. The first-order chi connectivity index (χ1) is 7.56. The van der Waals surface area contributed by atoms with E-state index in [0.717, 1.165) is 18.2 Å². The first-order valence-electron chi connectivity index (χ1n) is 6.18. The van der Waals surface area contributed by atoms with E-state index in [1.807, 2.05) is 0 Å². The Balaban J connectivity index is 0. The van der Waals surface area contributed by atoms with Crippen molar-refractivity contribution in [2.45, 2.75) is 64.7 Å². The second-order valence-electron chi connectivity index (χ2n) is 4.13. The summed E-state index contributed by atoms with van der Waals surface area (Å²) in [6, 6.07) is 0. The lowest BCUT2D eigenvalue weighted by Gasteiger charge is -2.00. The van der Waals surface area contributed by atoms with E-state index in [0.29, 0.717) is 6.42 Å². The van der Waals surface area contributed by atoms with Gasteiger partial charge in [-0.05, 0) is 12.8 Å². The zero-order chi connectivity index (χ0) is 12.3. The van der Waals surface area contributed by atoms with Crippen LogP contribution in [0.15, 0.2) is 11.5 Å². The van der Waals surface area contributed by atoms with Crippen LogP contribution in [-0.4, -0.2) is 13.0 Å². The van der Waals surface area contributed by atoms with Gasteiger partial charge in [-0.25, -0.2) is 8.42 Å². The minimum absolute atomic E-state index is 0. The van der Waals surface area contributed by atoms with Crippen LogP contribution in [0.4, 0.5) is 0 Å². The molecule has 0 fully saturated rings. The molecular formula is C12H27NO3S. The Kier molecular flexibility index (Phi) is 13.5. The van der Waals surface area contributed by atoms with Crippen LogP contribution in [0.25, 0.3) is 0 Å². The quantitative estimate of drug-likeness (QED) is 0.478. The summed E-state index contributed by atoms with van der Waals surface area (Å²) in [7, 11) is -4.16. The molecule has 0 saturated carbocycles. The average molecular weight is 265 g/mol. The minimum Gasteiger partial charge on any atom is -0.744 e. The maximum atomic E-state index is 10.2. The highest BCUT2D eigenvalue weighted by atomic mass is 32.2. The lowest BCUT2D eigenvalue weighted by molar-refractivity contribution is 0.474. The first kappa shape index (κ1) is 19.0. The van der Waals surface area contributed by atoms with Crippen molar-refractivity contribution in [3.63, 3.8) is 0 Å². The molecule has 0 rings (SSSR count). The molecule has 0 aromatic heterocycles. The fourth-order valence-electron chi connectivity index (χ4n) is 1.58. The topological polar surface area (TPSA) is 93.7 Å². The summed E-state index contributed by atoms with van der Waals surface area (Å²) in [5.74, 6) is 0. The summed E-state index contributed by atoms with van der Waals surface area (Å²) in [4.78, 5) is 0. The van der Waals surface area contributed by atoms with Crippen molar-refractivity contribution in [2.75, 3.05) is 0 Å². The smallest absolute Gasteiger partial charge is 0.117 e. The maximum Gasteiger partial charge on any atom is 0.117 e. The van der Waals surface area contributed by atoms with E-state index in [1.165, 1.54) is 44.6 Å². The molecule has 0 aromatic carbocycles. The van der Waals surface area contributed by atoms with Crippen LogP contribution >= 0.6 is 0 Å². The zero-order valence-corrected chi connectivity index (χ0v) is 12.0. The summed E-state index contributed by atoms with van der Waals surface area (Å²) in [5.41, 5.74) is 0. The molecule has 0 atom stereocenters. The average Bonchev–Trinajstić information content (AvgIpc) is 2.19. The molecule has 0 spiro atoms. The van der Waals surface area contributed by atoms with Gasteiger partial charge in [-0.15, -0.1) is 0 Å². The molecule has 4 N–H and O–H groups in total. The molecule has 0 aliphatic carbocycles. The number of allylic oxidation sites excluding steroid dienone is 1. The second-order valence-corrected chi connectivity index (χ2v) is 5.39. The van der Waals surface area contributed by atoms with Crippen molar-refractivity contribution < 1.29 is 13.0 Å². The van der Waals surface area contributed by atoms with Crippen molar-refractivity contribution in [3.05, 3.63) is 11.5 Å². The van der Waals surface area contributed by atoms with Gasteiger partial charge in [0.2, 0.25) is 0 Å². The Hall–Kier alpha value is -0.390. The van der Waals surface area contributed by atoms with Gasteiger partial charge in [0.05, 0.1) is 0 Å². The molecule has 0 bridgehead atoms. The molecule has 0 amide bonds. The zero-order valence-electron chi connectivity index (χ0n) is 11.2. The highest BCUT2D eigenvalue weighted by Gasteiger charge is 1.90. The monoisotopic (exact) mass is 265 g/mol. The molecule has 0 aliphatic heterocycles. The predicted octanol–water partition coefficient (Wildman–Crippen LogP) is 3.95.